The molecule has 0 N–H and O–H groups in total. The summed E-state index contributed by atoms with van der Waals surface area (Å²) >= 11 is 0. The van der Waals surface area contributed by atoms with E-state index in [1.807, 2.05) is 36.4 Å². The number of carbonyl (C=O) groups is 3. The van der Waals surface area contributed by atoms with E-state index in [4.69, 9.17) is 0 Å². The average molecular weight is 351 g/mol. The number of hydrogen-bond donors (Lipinski definition) is 0. The minimum atomic E-state index is -0.401. The molecule has 0 saturated carbocycles. The minimum absolute atomic E-state index is 0.0850. The molecule has 134 valence electrons. The molecular formula is C20H21N3O3. The van der Waals surface area contributed by atoms with Gasteiger partial charge in [-0.3, -0.25) is 14.4 Å². The molecule has 0 bridgehead atoms. The van der Waals surface area contributed by atoms with E-state index in [-0.39, 0.29) is 18.4 Å². The van der Waals surface area contributed by atoms with Crippen LogP contribution in [0.15, 0.2) is 54.6 Å². The number of amides is 3. The van der Waals surface area contributed by atoms with Gasteiger partial charge in [0.15, 0.2) is 0 Å². The molecular weight excluding hydrogens is 330 g/mol. The summed E-state index contributed by atoms with van der Waals surface area (Å²) in [6.45, 7) is 1.97. The molecule has 1 heterocycles. The largest absolute Gasteiger partial charge is 0.314 e. The number of rotatable bonds is 4. The fraction of sp³-hybridized carbons (Fsp3) is 0.250. The summed E-state index contributed by atoms with van der Waals surface area (Å²) in [6.07, 6.45) is 0.726. The second-order valence-electron chi connectivity index (χ2n) is 6.36. The van der Waals surface area contributed by atoms with E-state index in [0.717, 1.165) is 12.1 Å². The number of carbonyl (C=O) groups excluding carboxylic acids is 3. The summed E-state index contributed by atoms with van der Waals surface area (Å²) in [6, 6.07) is 16.4. The Balaban J connectivity index is 1.93. The smallest absolute Gasteiger partial charge is 0.246 e. The average Bonchev–Trinajstić information content (AvgIpc) is 2.78. The molecule has 6 heteroatoms. The van der Waals surface area contributed by atoms with Crippen LogP contribution in [0.3, 0.4) is 0 Å². The maximum Gasteiger partial charge on any atom is 0.246 e. The first-order valence-electron chi connectivity index (χ1n) is 8.47. The van der Waals surface area contributed by atoms with Crippen LogP contribution in [0.2, 0.25) is 0 Å². The molecule has 1 aliphatic heterocycles. The van der Waals surface area contributed by atoms with Crippen LogP contribution in [0.4, 0.5) is 17.1 Å². The van der Waals surface area contributed by atoms with Crippen LogP contribution in [0.5, 0.6) is 0 Å². The first kappa shape index (κ1) is 17.7. The molecule has 1 atom stereocenters. The fourth-order valence-electron chi connectivity index (χ4n) is 3.09. The van der Waals surface area contributed by atoms with Gasteiger partial charge in [-0.25, -0.2) is 0 Å². The molecule has 3 amide bonds. The third-order valence-corrected chi connectivity index (χ3v) is 4.58. The molecule has 0 aliphatic carbocycles. The van der Waals surface area contributed by atoms with Crippen molar-refractivity contribution in [3.8, 4) is 0 Å². The molecule has 2 aromatic carbocycles. The van der Waals surface area contributed by atoms with E-state index in [1.54, 1.807) is 32.2 Å². The molecule has 0 radical (unpaired) electrons. The van der Waals surface area contributed by atoms with E-state index in [9.17, 15) is 14.4 Å². The maximum atomic E-state index is 12.9. The molecule has 3 rings (SSSR count). The fourth-order valence-corrected chi connectivity index (χ4v) is 3.09. The quantitative estimate of drug-likeness (QED) is 0.794. The van der Waals surface area contributed by atoms with Gasteiger partial charge in [0, 0.05) is 19.3 Å². The van der Waals surface area contributed by atoms with Crippen LogP contribution in [-0.2, 0) is 14.4 Å². The Kier molecular flexibility index (Phi) is 5.02. The zero-order valence-electron chi connectivity index (χ0n) is 14.8. The number of fused-ring (bicyclic) bond motifs is 1. The van der Waals surface area contributed by atoms with Gasteiger partial charge < -0.3 is 14.7 Å². The van der Waals surface area contributed by atoms with Crippen molar-refractivity contribution in [1.29, 1.82) is 0 Å². The van der Waals surface area contributed by atoms with E-state index in [2.05, 4.69) is 0 Å². The van der Waals surface area contributed by atoms with Gasteiger partial charge in [-0.15, -0.1) is 0 Å². The predicted octanol–water partition coefficient (Wildman–Crippen LogP) is 2.30. The van der Waals surface area contributed by atoms with Crippen molar-refractivity contribution in [2.45, 2.75) is 6.92 Å². The minimum Gasteiger partial charge on any atom is -0.314 e. The second-order valence-corrected chi connectivity index (χ2v) is 6.36. The van der Waals surface area contributed by atoms with Crippen molar-refractivity contribution in [2.75, 3.05) is 34.8 Å². The molecule has 6 nitrogen and oxygen atoms in total. The number of nitrogens with zero attached hydrogens (tertiary/aromatic N) is 3. The van der Waals surface area contributed by atoms with E-state index < -0.39 is 5.92 Å². The lowest BCUT2D eigenvalue weighted by atomic mass is 10.1. The van der Waals surface area contributed by atoms with Crippen molar-refractivity contribution in [3.63, 3.8) is 0 Å². The zero-order valence-corrected chi connectivity index (χ0v) is 14.8. The standard InChI is InChI=1S/C20H21N3O3/c1-15-12-22(14-24)17-10-6-7-11-18(17)23(20(15)26)13-19(25)21(2)16-8-4-3-5-9-16/h3-11,14-15H,12-13H2,1-2H3. The van der Waals surface area contributed by atoms with E-state index in [0.29, 0.717) is 17.9 Å². The monoisotopic (exact) mass is 351 g/mol. The van der Waals surface area contributed by atoms with Gasteiger partial charge in [0.1, 0.15) is 6.54 Å². The van der Waals surface area contributed by atoms with Gasteiger partial charge in [-0.2, -0.15) is 0 Å². The van der Waals surface area contributed by atoms with Gasteiger partial charge >= 0.3 is 0 Å². The zero-order chi connectivity index (χ0) is 18.7. The van der Waals surface area contributed by atoms with Gasteiger partial charge in [0.05, 0.1) is 17.3 Å². The lowest BCUT2D eigenvalue weighted by molar-refractivity contribution is -0.124. The highest BCUT2D eigenvalue weighted by Gasteiger charge is 2.32. The normalized spacial score (nSPS) is 16.7. The summed E-state index contributed by atoms with van der Waals surface area (Å²) in [5, 5.41) is 0. The van der Waals surface area contributed by atoms with E-state index >= 15 is 0 Å². The van der Waals surface area contributed by atoms with Gasteiger partial charge in [0.25, 0.3) is 0 Å². The van der Waals surface area contributed by atoms with E-state index in [1.165, 1.54) is 14.7 Å². The predicted molar refractivity (Wildman–Crippen MR) is 101 cm³/mol. The lowest BCUT2D eigenvalue weighted by Crippen LogP contribution is -2.43. The summed E-state index contributed by atoms with van der Waals surface area (Å²) < 4.78 is 0. The number of para-hydroxylation sites is 3. The van der Waals surface area contributed by atoms with Crippen molar-refractivity contribution < 1.29 is 14.4 Å². The second kappa shape index (κ2) is 7.39. The molecule has 26 heavy (non-hydrogen) atoms. The molecule has 0 aromatic heterocycles. The Morgan fingerprint density at radius 1 is 1.12 bits per heavy atom. The Morgan fingerprint density at radius 3 is 2.38 bits per heavy atom. The van der Waals surface area contributed by atoms with Crippen molar-refractivity contribution in [3.05, 3.63) is 54.6 Å². The first-order valence-corrected chi connectivity index (χ1v) is 8.47. The highest BCUT2D eigenvalue weighted by atomic mass is 16.2. The lowest BCUT2D eigenvalue weighted by Gasteiger charge is -2.26. The SMILES string of the molecule is CC1CN(C=O)c2ccccc2N(CC(=O)N(C)c2ccccc2)C1=O. The highest BCUT2D eigenvalue weighted by Crippen LogP contribution is 2.33. The third kappa shape index (κ3) is 3.31. The number of hydrogen-bond acceptors (Lipinski definition) is 3. The Labute approximate surface area is 152 Å². The Bertz CT molecular complexity index is 822. The number of benzene rings is 2. The maximum absolute atomic E-state index is 12.9. The van der Waals surface area contributed by atoms with Crippen molar-refractivity contribution in [2.24, 2.45) is 5.92 Å². The van der Waals surface area contributed by atoms with Crippen LogP contribution in [0.1, 0.15) is 6.92 Å². The van der Waals surface area contributed by atoms with Crippen LogP contribution in [-0.4, -0.2) is 38.4 Å². The molecule has 0 fully saturated rings. The molecule has 0 saturated heterocycles. The Morgan fingerprint density at radius 2 is 1.73 bits per heavy atom. The van der Waals surface area contributed by atoms with Crippen LogP contribution in [0.25, 0.3) is 0 Å². The molecule has 1 unspecified atom stereocenters. The van der Waals surface area contributed by atoms with Crippen LogP contribution >= 0.6 is 0 Å². The Hall–Kier alpha value is -3.15. The van der Waals surface area contributed by atoms with Gasteiger partial charge in [-0.1, -0.05) is 37.3 Å². The molecule has 2 aromatic rings. The first-order chi connectivity index (χ1) is 12.5. The summed E-state index contributed by atoms with van der Waals surface area (Å²) in [5.41, 5.74) is 1.97. The van der Waals surface area contributed by atoms with Crippen LogP contribution < -0.4 is 14.7 Å². The van der Waals surface area contributed by atoms with Crippen LogP contribution in [0, 0.1) is 5.92 Å². The van der Waals surface area contributed by atoms with Gasteiger partial charge in [-0.05, 0) is 24.3 Å². The van der Waals surface area contributed by atoms with Crippen molar-refractivity contribution in [1.82, 2.24) is 0 Å². The van der Waals surface area contributed by atoms with Crippen molar-refractivity contribution >= 4 is 35.3 Å². The number of anilines is 3. The third-order valence-electron chi connectivity index (χ3n) is 4.58. The summed E-state index contributed by atoms with van der Waals surface area (Å²) in [4.78, 5) is 41.7. The topological polar surface area (TPSA) is 60.9 Å². The summed E-state index contributed by atoms with van der Waals surface area (Å²) in [5.74, 6) is -0.773. The van der Waals surface area contributed by atoms with Gasteiger partial charge in [0.2, 0.25) is 18.2 Å². The molecule has 0 spiro atoms. The molecule has 1 aliphatic rings. The summed E-state index contributed by atoms with van der Waals surface area (Å²) in [7, 11) is 1.69. The number of likely N-dealkylation sites (N-methyl/N-ethyl adjacent to an activating group) is 1. The highest BCUT2D eigenvalue weighted by molar-refractivity contribution is 6.07.